The minimum Gasteiger partial charge on any atom is -0.322 e. The highest BCUT2D eigenvalue weighted by molar-refractivity contribution is 5.18. The molecular weight excluding hydrogens is 152 g/mol. The fourth-order valence-electron chi connectivity index (χ4n) is 1.09. The molecular formula is C9H14N2O. The molecule has 0 saturated heterocycles. The van der Waals surface area contributed by atoms with E-state index in [9.17, 15) is 4.79 Å². The van der Waals surface area contributed by atoms with E-state index in [0.29, 0.717) is 5.56 Å². The van der Waals surface area contributed by atoms with Crippen LogP contribution in [0.1, 0.15) is 19.4 Å². The first-order valence-corrected chi connectivity index (χ1v) is 3.88. The van der Waals surface area contributed by atoms with E-state index in [1.54, 1.807) is 19.3 Å². The SMILES string of the molecule is Cn1cccc(C(C)(C)N)c1=O. The van der Waals surface area contributed by atoms with Gasteiger partial charge in [0.15, 0.2) is 0 Å². The van der Waals surface area contributed by atoms with Crippen LogP contribution in [-0.4, -0.2) is 4.57 Å². The second-order valence-corrected chi connectivity index (χ2v) is 3.56. The van der Waals surface area contributed by atoms with Gasteiger partial charge in [0.2, 0.25) is 0 Å². The molecule has 66 valence electrons. The molecule has 0 aliphatic rings. The van der Waals surface area contributed by atoms with Crippen LogP contribution in [0.15, 0.2) is 23.1 Å². The zero-order valence-corrected chi connectivity index (χ0v) is 7.66. The summed E-state index contributed by atoms with van der Waals surface area (Å²) < 4.78 is 1.53. The maximum atomic E-state index is 11.5. The molecule has 3 nitrogen and oxygen atoms in total. The van der Waals surface area contributed by atoms with Crippen LogP contribution in [0.3, 0.4) is 0 Å². The van der Waals surface area contributed by atoms with Gasteiger partial charge < -0.3 is 10.3 Å². The number of rotatable bonds is 1. The highest BCUT2D eigenvalue weighted by atomic mass is 16.1. The molecule has 12 heavy (non-hydrogen) atoms. The molecule has 0 amide bonds. The molecule has 0 radical (unpaired) electrons. The Hall–Kier alpha value is -1.09. The van der Waals surface area contributed by atoms with E-state index in [1.165, 1.54) is 4.57 Å². The molecule has 2 N–H and O–H groups in total. The van der Waals surface area contributed by atoms with Crippen LogP contribution in [-0.2, 0) is 12.6 Å². The number of nitrogens with two attached hydrogens (primary N) is 1. The zero-order chi connectivity index (χ0) is 9.35. The molecule has 0 atom stereocenters. The average Bonchev–Trinajstić information content (AvgIpc) is 1.92. The Morgan fingerprint density at radius 2 is 2.08 bits per heavy atom. The summed E-state index contributed by atoms with van der Waals surface area (Å²) in [5.74, 6) is 0. The van der Waals surface area contributed by atoms with E-state index in [-0.39, 0.29) is 5.56 Å². The standard InChI is InChI=1S/C9H14N2O/c1-9(2,10)7-5-4-6-11(3)8(7)12/h4-6H,10H2,1-3H3. The van der Waals surface area contributed by atoms with Crippen molar-refractivity contribution in [2.24, 2.45) is 12.8 Å². The zero-order valence-electron chi connectivity index (χ0n) is 7.66. The summed E-state index contributed by atoms with van der Waals surface area (Å²) in [6.45, 7) is 3.65. The molecule has 0 aromatic carbocycles. The van der Waals surface area contributed by atoms with E-state index in [2.05, 4.69) is 0 Å². The summed E-state index contributed by atoms with van der Waals surface area (Å²) in [5, 5.41) is 0. The Morgan fingerprint density at radius 3 is 2.50 bits per heavy atom. The van der Waals surface area contributed by atoms with Crippen molar-refractivity contribution in [3.63, 3.8) is 0 Å². The van der Waals surface area contributed by atoms with Crippen LogP contribution >= 0.6 is 0 Å². The van der Waals surface area contributed by atoms with Crippen LogP contribution in [0.2, 0.25) is 0 Å². The molecule has 0 bridgehead atoms. The third kappa shape index (κ3) is 1.56. The number of nitrogens with zero attached hydrogens (tertiary/aromatic N) is 1. The summed E-state index contributed by atoms with van der Waals surface area (Å²) >= 11 is 0. The van der Waals surface area contributed by atoms with Crippen molar-refractivity contribution in [3.8, 4) is 0 Å². The Kier molecular flexibility index (Phi) is 2.06. The first kappa shape index (κ1) is 9.00. The van der Waals surface area contributed by atoms with Gasteiger partial charge in [0.05, 0.1) is 0 Å². The predicted molar refractivity (Wildman–Crippen MR) is 48.9 cm³/mol. The van der Waals surface area contributed by atoms with Gasteiger partial charge in [-0.25, -0.2) is 0 Å². The van der Waals surface area contributed by atoms with Gasteiger partial charge in [0, 0.05) is 24.3 Å². The van der Waals surface area contributed by atoms with Gasteiger partial charge in [0.25, 0.3) is 5.56 Å². The Bertz CT molecular complexity index is 333. The van der Waals surface area contributed by atoms with Gasteiger partial charge in [-0.2, -0.15) is 0 Å². The van der Waals surface area contributed by atoms with Crippen molar-refractivity contribution in [3.05, 3.63) is 34.2 Å². The van der Waals surface area contributed by atoms with Crippen LogP contribution in [0.4, 0.5) is 0 Å². The third-order valence-electron chi connectivity index (χ3n) is 1.82. The molecule has 1 heterocycles. The van der Waals surface area contributed by atoms with E-state index < -0.39 is 5.54 Å². The van der Waals surface area contributed by atoms with E-state index >= 15 is 0 Å². The van der Waals surface area contributed by atoms with Crippen LogP contribution in [0.25, 0.3) is 0 Å². The van der Waals surface area contributed by atoms with Crippen molar-refractivity contribution in [2.75, 3.05) is 0 Å². The monoisotopic (exact) mass is 166 g/mol. The lowest BCUT2D eigenvalue weighted by Crippen LogP contribution is -2.37. The first-order valence-electron chi connectivity index (χ1n) is 3.88. The number of hydrogen-bond donors (Lipinski definition) is 1. The first-order chi connectivity index (χ1) is 5.43. The minimum absolute atomic E-state index is 0.0231. The van der Waals surface area contributed by atoms with Crippen LogP contribution in [0, 0.1) is 0 Å². The second kappa shape index (κ2) is 2.75. The number of pyridine rings is 1. The molecule has 0 fully saturated rings. The molecule has 1 aromatic heterocycles. The minimum atomic E-state index is -0.559. The Labute approximate surface area is 71.8 Å². The van der Waals surface area contributed by atoms with E-state index in [4.69, 9.17) is 5.73 Å². The van der Waals surface area contributed by atoms with Gasteiger partial charge in [-0.1, -0.05) is 6.07 Å². The summed E-state index contributed by atoms with van der Waals surface area (Å²) in [6.07, 6.45) is 1.72. The van der Waals surface area contributed by atoms with Crippen molar-refractivity contribution in [1.82, 2.24) is 4.57 Å². The normalized spacial score (nSPS) is 11.7. The molecule has 0 aliphatic heterocycles. The number of aromatic nitrogens is 1. The van der Waals surface area contributed by atoms with Crippen molar-refractivity contribution >= 4 is 0 Å². The largest absolute Gasteiger partial charge is 0.322 e. The van der Waals surface area contributed by atoms with Crippen LogP contribution in [0.5, 0.6) is 0 Å². The van der Waals surface area contributed by atoms with Crippen molar-refractivity contribution < 1.29 is 0 Å². The topological polar surface area (TPSA) is 48.0 Å². The van der Waals surface area contributed by atoms with Crippen LogP contribution < -0.4 is 11.3 Å². The Morgan fingerprint density at radius 1 is 1.50 bits per heavy atom. The maximum absolute atomic E-state index is 11.5. The summed E-state index contributed by atoms with van der Waals surface area (Å²) in [6, 6.07) is 3.59. The lowest BCUT2D eigenvalue weighted by atomic mass is 9.97. The Balaban J connectivity index is 3.37. The quantitative estimate of drug-likeness (QED) is 0.663. The molecule has 0 unspecified atom stereocenters. The van der Waals surface area contributed by atoms with Gasteiger partial charge in [-0.15, -0.1) is 0 Å². The number of aryl methyl sites for hydroxylation is 1. The molecule has 0 saturated carbocycles. The maximum Gasteiger partial charge on any atom is 0.255 e. The fourth-order valence-corrected chi connectivity index (χ4v) is 1.09. The lowest BCUT2D eigenvalue weighted by Gasteiger charge is -2.18. The molecule has 1 rings (SSSR count). The molecule has 0 spiro atoms. The average molecular weight is 166 g/mol. The smallest absolute Gasteiger partial charge is 0.255 e. The van der Waals surface area contributed by atoms with Crippen molar-refractivity contribution in [1.29, 1.82) is 0 Å². The van der Waals surface area contributed by atoms with Crippen molar-refractivity contribution in [2.45, 2.75) is 19.4 Å². The molecule has 3 heteroatoms. The van der Waals surface area contributed by atoms with Gasteiger partial charge in [-0.3, -0.25) is 4.79 Å². The lowest BCUT2D eigenvalue weighted by molar-refractivity contribution is 0.540. The summed E-state index contributed by atoms with van der Waals surface area (Å²) in [5.41, 5.74) is 5.88. The molecule has 0 aliphatic carbocycles. The predicted octanol–water partition coefficient (Wildman–Crippen LogP) is 0.579. The van der Waals surface area contributed by atoms with E-state index in [1.807, 2.05) is 19.9 Å². The highest BCUT2D eigenvalue weighted by Gasteiger charge is 2.17. The summed E-state index contributed by atoms with van der Waals surface area (Å²) in [4.78, 5) is 11.5. The van der Waals surface area contributed by atoms with Gasteiger partial charge in [0.1, 0.15) is 0 Å². The summed E-state index contributed by atoms with van der Waals surface area (Å²) in [7, 11) is 1.72. The van der Waals surface area contributed by atoms with Gasteiger partial charge in [-0.05, 0) is 19.9 Å². The van der Waals surface area contributed by atoms with Gasteiger partial charge >= 0.3 is 0 Å². The number of hydrogen-bond acceptors (Lipinski definition) is 2. The second-order valence-electron chi connectivity index (χ2n) is 3.56. The highest BCUT2D eigenvalue weighted by Crippen LogP contribution is 2.10. The molecule has 1 aromatic rings. The van der Waals surface area contributed by atoms with E-state index in [0.717, 1.165) is 0 Å². The third-order valence-corrected chi connectivity index (χ3v) is 1.82. The fraction of sp³-hybridized carbons (Fsp3) is 0.444.